The molecule has 1 aliphatic rings. The number of carboxylic acids is 1. The third-order valence-electron chi connectivity index (χ3n) is 3.99. The van der Waals surface area contributed by atoms with Crippen LogP contribution in [0, 0.1) is 5.82 Å². The monoisotopic (exact) mass is 382 g/mol. The van der Waals surface area contributed by atoms with Gasteiger partial charge in [-0.25, -0.2) is 17.6 Å². The van der Waals surface area contributed by atoms with Gasteiger partial charge in [0.15, 0.2) is 0 Å². The zero-order valence-electron chi connectivity index (χ0n) is 13.4. The molecule has 2 aromatic rings. The topological polar surface area (TPSA) is 117 Å². The summed E-state index contributed by atoms with van der Waals surface area (Å²) in [5.41, 5.74) is -0.0482. The SMILES string of the molecule is O=C(O)c1ccc(S(=O)(=O)N2CCCC2C(=O)Nc2ccccc2F)o1. The van der Waals surface area contributed by atoms with Crippen molar-refractivity contribution in [1.29, 1.82) is 0 Å². The Morgan fingerprint density at radius 2 is 1.96 bits per heavy atom. The molecular weight excluding hydrogens is 367 g/mol. The maximum atomic E-state index is 13.7. The first kappa shape index (κ1) is 18.1. The second-order valence-electron chi connectivity index (χ2n) is 5.67. The predicted molar refractivity (Wildman–Crippen MR) is 87.6 cm³/mol. The van der Waals surface area contributed by atoms with Crippen molar-refractivity contribution in [2.75, 3.05) is 11.9 Å². The molecule has 1 saturated heterocycles. The number of hydrogen-bond donors (Lipinski definition) is 2. The van der Waals surface area contributed by atoms with Gasteiger partial charge in [0.05, 0.1) is 5.69 Å². The summed E-state index contributed by atoms with van der Waals surface area (Å²) in [6.07, 6.45) is 0.688. The van der Waals surface area contributed by atoms with E-state index in [4.69, 9.17) is 9.52 Å². The normalized spacial score (nSPS) is 18.0. The van der Waals surface area contributed by atoms with E-state index in [1.54, 1.807) is 0 Å². The van der Waals surface area contributed by atoms with Crippen LogP contribution in [0.1, 0.15) is 23.4 Å². The van der Waals surface area contributed by atoms with Gasteiger partial charge >= 0.3 is 5.97 Å². The van der Waals surface area contributed by atoms with Gasteiger partial charge in [0.2, 0.25) is 16.8 Å². The molecule has 8 nitrogen and oxygen atoms in total. The Labute approximate surface area is 148 Å². The molecule has 1 aliphatic heterocycles. The summed E-state index contributed by atoms with van der Waals surface area (Å²) in [6, 6.07) is 6.56. The van der Waals surface area contributed by atoms with Crippen molar-refractivity contribution in [3.63, 3.8) is 0 Å². The van der Waals surface area contributed by atoms with Gasteiger partial charge in [0, 0.05) is 6.54 Å². The van der Waals surface area contributed by atoms with Gasteiger partial charge in [-0.1, -0.05) is 12.1 Å². The standard InChI is InChI=1S/C16H15FN2O6S/c17-10-4-1-2-5-11(10)18-15(20)12-6-3-9-19(12)26(23,24)14-8-7-13(25-14)16(21)22/h1-2,4-5,7-8,12H,3,6,9H2,(H,18,20)(H,21,22). The van der Waals surface area contributed by atoms with Crippen LogP contribution in [-0.4, -0.2) is 42.3 Å². The lowest BCUT2D eigenvalue weighted by molar-refractivity contribution is -0.119. The Morgan fingerprint density at radius 3 is 2.62 bits per heavy atom. The second kappa shape index (κ2) is 6.89. The van der Waals surface area contributed by atoms with Crippen molar-refractivity contribution in [3.8, 4) is 0 Å². The van der Waals surface area contributed by atoms with E-state index in [1.807, 2.05) is 0 Å². The molecule has 2 N–H and O–H groups in total. The summed E-state index contributed by atoms with van der Waals surface area (Å²) in [4.78, 5) is 23.3. The fraction of sp³-hybridized carbons (Fsp3) is 0.250. The van der Waals surface area contributed by atoms with Gasteiger partial charge in [0.25, 0.3) is 10.0 Å². The molecule has 0 saturated carbocycles. The number of furan rings is 1. The number of rotatable bonds is 5. The number of hydrogen-bond acceptors (Lipinski definition) is 5. The summed E-state index contributed by atoms with van der Waals surface area (Å²) in [5, 5.41) is 10.7. The van der Waals surface area contributed by atoms with Crippen LogP contribution in [0.4, 0.5) is 10.1 Å². The number of aromatic carboxylic acids is 1. The lowest BCUT2D eigenvalue weighted by Gasteiger charge is -2.22. The highest BCUT2D eigenvalue weighted by molar-refractivity contribution is 7.89. The number of carbonyl (C=O) groups excluding carboxylic acids is 1. The van der Waals surface area contributed by atoms with Crippen molar-refractivity contribution in [3.05, 3.63) is 48.0 Å². The lowest BCUT2D eigenvalue weighted by atomic mass is 10.2. The maximum Gasteiger partial charge on any atom is 0.371 e. The molecule has 1 amide bonds. The first-order chi connectivity index (χ1) is 12.3. The Hall–Kier alpha value is -2.72. The summed E-state index contributed by atoms with van der Waals surface area (Å²) in [6.45, 7) is 0.0702. The number of carboxylic acid groups (broad SMARTS) is 1. The molecule has 0 spiro atoms. The Morgan fingerprint density at radius 1 is 1.23 bits per heavy atom. The van der Waals surface area contributed by atoms with Gasteiger partial charge in [-0.2, -0.15) is 4.31 Å². The number of nitrogens with zero attached hydrogens (tertiary/aromatic N) is 1. The second-order valence-corrected chi connectivity index (χ2v) is 7.49. The van der Waals surface area contributed by atoms with Crippen LogP contribution in [0.15, 0.2) is 45.9 Å². The van der Waals surface area contributed by atoms with Gasteiger partial charge in [-0.3, -0.25) is 4.79 Å². The van der Waals surface area contributed by atoms with Crippen molar-refractivity contribution >= 4 is 27.6 Å². The van der Waals surface area contributed by atoms with Crippen LogP contribution in [0.25, 0.3) is 0 Å². The molecule has 2 heterocycles. The number of carbonyl (C=O) groups is 2. The molecule has 26 heavy (non-hydrogen) atoms. The Kier molecular flexibility index (Phi) is 4.79. The molecule has 3 rings (SSSR count). The molecule has 10 heteroatoms. The van der Waals surface area contributed by atoms with Crippen LogP contribution in [0.5, 0.6) is 0 Å². The van der Waals surface area contributed by atoms with Crippen LogP contribution in [-0.2, 0) is 14.8 Å². The number of anilines is 1. The largest absolute Gasteiger partial charge is 0.475 e. The first-order valence-electron chi connectivity index (χ1n) is 7.71. The third-order valence-corrected chi connectivity index (χ3v) is 5.78. The number of halogens is 1. The fourth-order valence-electron chi connectivity index (χ4n) is 2.76. The number of benzene rings is 1. The maximum absolute atomic E-state index is 13.7. The summed E-state index contributed by atoms with van der Waals surface area (Å²) in [5.74, 6) is -3.22. The smallest absolute Gasteiger partial charge is 0.371 e. The van der Waals surface area contributed by atoms with E-state index in [1.165, 1.54) is 24.3 Å². The van der Waals surface area contributed by atoms with E-state index >= 15 is 0 Å². The average molecular weight is 382 g/mol. The van der Waals surface area contributed by atoms with E-state index in [2.05, 4.69) is 5.32 Å². The lowest BCUT2D eigenvalue weighted by Crippen LogP contribution is -2.43. The zero-order chi connectivity index (χ0) is 18.9. The zero-order valence-corrected chi connectivity index (χ0v) is 14.2. The van der Waals surface area contributed by atoms with Crippen molar-refractivity contribution < 1.29 is 31.9 Å². The summed E-state index contributed by atoms with van der Waals surface area (Å²) >= 11 is 0. The first-order valence-corrected chi connectivity index (χ1v) is 9.15. The molecule has 0 aliphatic carbocycles. The van der Waals surface area contributed by atoms with Crippen molar-refractivity contribution in [1.82, 2.24) is 4.31 Å². The van der Waals surface area contributed by atoms with Crippen molar-refractivity contribution in [2.24, 2.45) is 0 Å². The van der Waals surface area contributed by atoms with Crippen LogP contribution in [0.2, 0.25) is 0 Å². The van der Waals surface area contributed by atoms with E-state index in [-0.39, 0.29) is 18.7 Å². The highest BCUT2D eigenvalue weighted by Gasteiger charge is 2.41. The van der Waals surface area contributed by atoms with E-state index in [0.717, 1.165) is 16.4 Å². The highest BCUT2D eigenvalue weighted by Crippen LogP contribution is 2.28. The Bertz CT molecular complexity index is 955. The van der Waals surface area contributed by atoms with E-state index < -0.39 is 44.6 Å². The minimum absolute atomic E-state index is 0.0482. The summed E-state index contributed by atoms with van der Waals surface area (Å²) < 4.78 is 44.9. The third kappa shape index (κ3) is 3.33. The number of nitrogens with one attached hydrogen (secondary N) is 1. The molecule has 1 aromatic heterocycles. The minimum Gasteiger partial charge on any atom is -0.475 e. The van der Waals surface area contributed by atoms with Crippen LogP contribution >= 0.6 is 0 Å². The molecule has 1 unspecified atom stereocenters. The van der Waals surface area contributed by atoms with Crippen molar-refractivity contribution in [2.45, 2.75) is 24.0 Å². The summed E-state index contributed by atoms with van der Waals surface area (Å²) in [7, 11) is -4.20. The van der Waals surface area contributed by atoms with E-state index in [0.29, 0.717) is 6.42 Å². The number of para-hydroxylation sites is 1. The minimum atomic E-state index is -4.20. The predicted octanol–water partition coefficient (Wildman–Crippen LogP) is 1.91. The number of sulfonamides is 1. The fourth-order valence-corrected chi connectivity index (χ4v) is 4.33. The van der Waals surface area contributed by atoms with E-state index in [9.17, 15) is 22.4 Å². The Balaban J connectivity index is 1.83. The van der Waals surface area contributed by atoms with Crippen LogP contribution < -0.4 is 5.32 Å². The van der Waals surface area contributed by atoms with Crippen LogP contribution in [0.3, 0.4) is 0 Å². The molecule has 138 valence electrons. The van der Waals surface area contributed by atoms with Gasteiger partial charge in [-0.15, -0.1) is 0 Å². The molecule has 1 atom stereocenters. The quantitative estimate of drug-likeness (QED) is 0.816. The average Bonchev–Trinajstić information content (AvgIpc) is 3.27. The van der Waals surface area contributed by atoms with Gasteiger partial charge in [-0.05, 0) is 37.1 Å². The molecular formula is C16H15FN2O6S. The number of amides is 1. The molecule has 1 aromatic carbocycles. The highest BCUT2D eigenvalue weighted by atomic mass is 32.2. The molecule has 1 fully saturated rings. The molecule has 0 radical (unpaired) electrons. The molecule has 0 bridgehead atoms. The van der Waals surface area contributed by atoms with Gasteiger partial charge in [0.1, 0.15) is 11.9 Å². The van der Waals surface area contributed by atoms with Gasteiger partial charge < -0.3 is 14.8 Å².